The van der Waals surface area contributed by atoms with E-state index >= 15 is 8.78 Å². The van der Waals surface area contributed by atoms with Crippen LogP contribution in [0.5, 0.6) is 0 Å². The first kappa shape index (κ1) is 48.7. The summed E-state index contributed by atoms with van der Waals surface area (Å²) in [6.07, 6.45) is 2.56. The molecule has 2 heterocycles. The second kappa shape index (κ2) is 19.4. The van der Waals surface area contributed by atoms with Gasteiger partial charge in [-0.05, 0) is 95.9 Å². The zero-order chi connectivity index (χ0) is 45.7. The summed E-state index contributed by atoms with van der Waals surface area (Å²) in [5, 5.41) is 5.77. The molecule has 334 valence electrons. The highest BCUT2D eigenvalue weighted by atomic mass is 31.2. The quantitative estimate of drug-likeness (QED) is 0.0700. The van der Waals surface area contributed by atoms with E-state index < -0.39 is 90.9 Å². The molecule has 2 aromatic carbocycles. The van der Waals surface area contributed by atoms with Crippen molar-refractivity contribution in [3.63, 3.8) is 0 Å². The Balaban J connectivity index is 1.51. The van der Waals surface area contributed by atoms with E-state index in [1.165, 1.54) is 64.7 Å². The summed E-state index contributed by atoms with van der Waals surface area (Å²) >= 11 is 0. The number of anilines is 1. The lowest BCUT2D eigenvalue weighted by Gasteiger charge is -2.30. The van der Waals surface area contributed by atoms with Gasteiger partial charge in [0, 0.05) is 30.5 Å². The van der Waals surface area contributed by atoms with E-state index in [4.69, 9.17) is 24.3 Å². The van der Waals surface area contributed by atoms with Crippen molar-refractivity contribution in [2.45, 2.75) is 118 Å². The van der Waals surface area contributed by atoms with Gasteiger partial charge in [0.1, 0.15) is 12.1 Å². The first-order chi connectivity index (χ1) is 28.3. The molecule has 0 saturated carbocycles. The van der Waals surface area contributed by atoms with Crippen molar-refractivity contribution < 1.29 is 60.6 Å². The molecule has 0 spiro atoms. The number of esters is 2. The molecule has 4 amide bonds. The molecule has 0 saturated heterocycles. The average Bonchev–Trinajstić information content (AvgIpc) is 3.51. The number of amides is 4. The molecule has 2 aromatic rings. The topological polar surface area (TPSA) is 210 Å². The van der Waals surface area contributed by atoms with E-state index in [2.05, 4.69) is 10.6 Å². The van der Waals surface area contributed by atoms with Gasteiger partial charge >= 0.3 is 25.2 Å². The van der Waals surface area contributed by atoms with Gasteiger partial charge in [0.15, 0.2) is 0 Å². The number of nitrogens with two attached hydrogens (primary N) is 1. The monoisotopic (exact) mass is 874 g/mol. The highest BCUT2D eigenvalue weighted by Gasteiger charge is 2.56. The fourth-order valence-electron chi connectivity index (χ4n) is 6.64. The standard InChI is InChI=1S/C43H57F2N4O11P/c1-25(2)31(19-20-34(46)50)48-37(52)33-22-29-12-10-11-28-15-18-32(38(53)49(33)36(28)29)47-35(51)21-26(3)27-13-16-30(17-14-27)43(44,45)61(56,59-23-57-39(54)41(4,5)6)60-24-58-40(55)42(7,8)9/h10-14,16-17,21,25,31-33H,15,18-20,22-24H2,1-9H3,(H2,46,50)(H,47,51)(H,48,52)/b26-21+/t31-,32-,33-/m0/s1. The van der Waals surface area contributed by atoms with Crippen LogP contribution in [0.3, 0.4) is 0 Å². The summed E-state index contributed by atoms with van der Waals surface area (Å²) in [5.41, 5.74) is 1.11. The smallest absolute Gasteiger partial charge is 0.410 e. The van der Waals surface area contributed by atoms with Crippen LogP contribution in [0.25, 0.3) is 5.57 Å². The molecular formula is C43H57F2N4O11P. The van der Waals surface area contributed by atoms with E-state index in [1.54, 1.807) is 6.92 Å². The Bertz CT molecular complexity index is 2040. The summed E-state index contributed by atoms with van der Waals surface area (Å²) < 4.78 is 65.4. The maximum atomic E-state index is 16.0. The molecule has 3 atom stereocenters. The molecule has 0 fully saturated rings. The summed E-state index contributed by atoms with van der Waals surface area (Å²) in [6.45, 7) is 12.2. The van der Waals surface area contributed by atoms with E-state index in [0.29, 0.717) is 29.7 Å². The van der Waals surface area contributed by atoms with Crippen molar-refractivity contribution in [3.8, 4) is 0 Å². The number of alkyl halides is 2. The lowest BCUT2D eigenvalue weighted by atomic mass is 9.98. The maximum Gasteiger partial charge on any atom is 0.410 e. The van der Waals surface area contributed by atoms with Crippen LogP contribution in [0, 0.1) is 16.7 Å². The van der Waals surface area contributed by atoms with E-state index in [9.17, 15) is 33.3 Å². The highest BCUT2D eigenvalue weighted by Crippen LogP contribution is 2.67. The van der Waals surface area contributed by atoms with Crippen molar-refractivity contribution >= 4 is 54.4 Å². The Kier molecular flexibility index (Phi) is 15.5. The van der Waals surface area contributed by atoms with Crippen molar-refractivity contribution in [2.75, 3.05) is 18.5 Å². The van der Waals surface area contributed by atoms with Gasteiger partial charge in [0.25, 0.3) is 0 Å². The molecular weight excluding hydrogens is 817 g/mol. The first-order valence-corrected chi connectivity index (χ1v) is 21.5. The Labute approximate surface area is 355 Å². The number of allylic oxidation sites excluding steroid dienone is 1. The van der Waals surface area contributed by atoms with Crippen molar-refractivity contribution in [2.24, 2.45) is 22.5 Å². The number of para-hydroxylation sites is 1. The number of rotatable bonds is 17. The minimum atomic E-state index is -5.55. The number of primary amides is 1. The molecule has 15 nitrogen and oxygen atoms in total. The van der Waals surface area contributed by atoms with Crippen LogP contribution in [0.4, 0.5) is 14.5 Å². The number of carbonyl (C=O) groups excluding carboxylic acids is 6. The highest BCUT2D eigenvalue weighted by molar-refractivity contribution is 7.54. The Morgan fingerprint density at radius 1 is 0.918 bits per heavy atom. The predicted octanol–water partition coefficient (Wildman–Crippen LogP) is 6.25. The van der Waals surface area contributed by atoms with Crippen molar-refractivity contribution in [1.29, 1.82) is 0 Å². The number of hydrogen-bond acceptors (Lipinski definition) is 11. The number of aryl methyl sites for hydroxylation is 1. The van der Waals surface area contributed by atoms with Gasteiger partial charge in [0.2, 0.25) is 37.2 Å². The zero-order valence-electron chi connectivity index (χ0n) is 36.1. The van der Waals surface area contributed by atoms with Gasteiger partial charge in [0.05, 0.1) is 16.5 Å². The molecule has 2 aliphatic heterocycles. The third kappa shape index (κ3) is 11.9. The van der Waals surface area contributed by atoms with Crippen molar-refractivity contribution in [3.05, 3.63) is 70.8 Å². The maximum absolute atomic E-state index is 16.0. The van der Waals surface area contributed by atoms with Crippen LogP contribution >= 0.6 is 7.60 Å². The second-order valence-electron chi connectivity index (χ2n) is 17.6. The SMILES string of the molecule is C/C(=C\C(=O)N[C@H]1CCc2cccc3c2N(C1=O)[C@H](C(=O)N[C@@H](CCC(N)=O)C(C)C)C3)c1ccc(C(F)(F)P(=O)(OCOC(=O)C(C)(C)C)OCOC(=O)C(C)(C)C)cc1. The lowest BCUT2D eigenvalue weighted by Crippen LogP contribution is -2.56. The largest absolute Gasteiger partial charge is 0.438 e. The molecule has 61 heavy (non-hydrogen) atoms. The molecule has 0 unspecified atom stereocenters. The molecule has 0 radical (unpaired) electrons. The predicted molar refractivity (Wildman–Crippen MR) is 221 cm³/mol. The van der Waals surface area contributed by atoms with Crippen LogP contribution in [0.2, 0.25) is 0 Å². The number of hydrogen-bond donors (Lipinski definition) is 3. The average molecular weight is 875 g/mol. The first-order valence-electron chi connectivity index (χ1n) is 20.0. The summed E-state index contributed by atoms with van der Waals surface area (Å²) in [7, 11) is -5.55. The Morgan fingerprint density at radius 2 is 1.48 bits per heavy atom. The fourth-order valence-corrected chi connectivity index (χ4v) is 7.89. The molecule has 4 rings (SSSR count). The van der Waals surface area contributed by atoms with Crippen molar-refractivity contribution in [1.82, 2.24) is 10.6 Å². The van der Waals surface area contributed by atoms with Gasteiger partial charge in [-0.1, -0.05) is 56.3 Å². The minimum absolute atomic E-state index is 0.0185. The van der Waals surface area contributed by atoms with Gasteiger partial charge in [-0.15, -0.1) is 0 Å². The van der Waals surface area contributed by atoms with E-state index in [0.717, 1.165) is 23.3 Å². The van der Waals surface area contributed by atoms with Crippen LogP contribution < -0.4 is 21.3 Å². The van der Waals surface area contributed by atoms with Gasteiger partial charge < -0.3 is 25.8 Å². The van der Waals surface area contributed by atoms with Gasteiger partial charge in [-0.2, -0.15) is 8.78 Å². The molecule has 18 heteroatoms. The number of carbonyl (C=O) groups is 6. The normalized spacial score (nSPS) is 17.6. The Hall–Kier alpha value is -4.99. The van der Waals surface area contributed by atoms with Gasteiger partial charge in [-0.25, -0.2) is 0 Å². The molecule has 0 aliphatic carbocycles. The van der Waals surface area contributed by atoms with Crippen LogP contribution in [-0.4, -0.2) is 67.3 Å². The summed E-state index contributed by atoms with van der Waals surface area (Å²) in [4.78, 5) is 78.8. The number of nitrogens with zero attached hydrogens (tertiary/aromatic N) is 1. The zero-order valence-corrected chi connectivity index (χ0v) is 37.0. The third-order valence-electron chi connectivity index (χ3n) is 10.3. The van der Waals surface area contributed by atoms with Crippen LogP contribution in [0.15, 0.2) is 48.5 Å². The Morgan fingerprint density at radius 3 is 2.00 bits per heavy atom. The van der Waals surface area contributed by atoms with Crippen LogP contribution in [-0.2, 0) is 70.4 Å². The molecule has 0 aromatic heterocycles. The minimum Gasteiger partial charge on any atom is -0.438 e. The molecule has 2 aliphatic rings. The number of halogens is 2. The summed E-state index contributed by atoms with van der Waals surface area (Å²) in [6, 6.07) is 7.74. The van der Waals surface area contributed by atoms with Crippen LogP contribution in [0.1, 0.15) is 104 Å². The number of nitrogens with one attached hydrogen (secondary N) is 2. The number of benzene rings is 2. The molecule has 0 bridgehead atoms. The third-order valence-corrected chi connectivity index (χ3v) is 12.1. The van der Waals surface area contributed by atoms with E-state index in [1.807, 2.05) is 32.0 Å². The molecule has 4 N–H and O–H groups in total. The lowest BCUT2D eigenvalue weighted by molar-refractivity contribution is -0.163. The number of ether oxygens (including phenoxy) is 2. The van der Waals surface area contributed by atoms with E-state index in [-0.39, 0.29) is 31.2 Å². The summed E-state index contributed by atoms with van der Waals surface area (Å²) in [5.74, 6) is -3.66. The second-order valence-corrected chi connectivity index (χ2v) is 19.7. The van der Waals surface area contributed by atoms with Gasteiger partial charge in [-0.3, -0.25) is 47.3 Å². The fraction of sp³-hybridized carbons (Fsp3) is 0.535.